The molecule has 1 fully saturated rings. The number of hydrogen-bond acceptors (Lipinski definition) is 13. The van der Waals surface area contributed by atoms with Crippen molar-refractivity contribution in [3.63, 3.8) is 0 Å². The maximum atomic E-state index is 12.4. The minimum atomic E-state index is -5.30. The van der Waals surface area contributed by atoms with E-state index in [2.05, 4.69) is 27.7 Å². The Kier molecular flexibility index (Phi) is 31.0. The number of carbonyl (C=O) groups excluding carboxylic acids is 2. The van der Waals surface area contributed by atoms with Gasteiger partial charge in [0.05, 0.1) is 19.3 Å². The summed E-state index contributed by atoms with van der Waals surface area (Å²) in [5.74, 6) is -1.08. The standard InChI is InChI=1S/C31H62O11P2.C10H14N2O5/c1-3-5-7-9-11-13-15-17-19-21-23-25-30(32)39-27-29(28-40-44(37,38)42-43(34,35)36)41-31(33)26-24-22-20-18-16-14-12-10-8-6-4-2;1-5-3-12(10(16)11-9(5)15)8-2-6(14)7(4-13)17-8/h29H,3-28H2,1-2H3,(H,37,38)(H2,34,35,36);3,6-8,13-14H,2,4H2,1H3,(H,11,15,16)/t;6-,7+,8+/m.0/s1. The van der Waals surface area contributed by atoms with Crippen LogP contribution in [0.1, 0.15) is 186 Å². The molecule has 20 heteroatoms. The van der Waals surface area contributed by atoms with Gasteiger partial charge in [0.2, 0.25) is 0 Å². The number of phosphoric acid groups is 2. The van der Waals surface area contributed by atoms with Crippen LogP contribution in [-0.4, -0.2) is 84.5 Å². The number of esters is 2. The summed E-state index contributed by atoms with van der Waals surface area (Å²) in [7, 11) is -10.4. The fourth-order valence-electron chi connectivity index (χ4n) is 6.67. The molecular formula is C41H76N2O16P2. The average Bonchev–Trinajstić information content (AvgIpc) is 3.57. The number of H-pyrrole nitrogens is 1. The van der Waals surface area contributed by atoms with Crippen molar-refractivity contribution in [3.8, 4) is 0 Å². The zero-order valence-electron chi connectivity index (χ0n) is 36.8. The first-order chi connectivity index (χ1) is 29.0. The van der Waals surface area contributed by atoms with E-state index < -0.39 is 76.6 Å². The van der Waals surface area contributed by atoms with Gasteiger partial charge in [0.1, 0.15) is 18.9 Å². The molecular weight excluding hydrogens is 838 g/mol. The summed E-state index contributed by atoms with van der Waals surface area (Å²) in [6.07, 6.45) is 23.5. The fourth-order valence-corrected chi connectivity index (χ4v) is 8.29. The summed E-state index contributed by atoms with van der Waals surface area (Å²) in [4.78, 5) is 76.7. The van der Waals surface area contributed by atoms with Gasteiger partial charge in [-0.05, 0) is 19.8 Å². The Bertz CT molecular complexity index is 1550. The van der Waals surface area contributed by atoms with Crippen LogP contribution in [0.25, 0.3) is 0 Å². The van der Waals surface area contributed by atoms with E-state index in [1.54, 1.807) is 6.92 Å². The van der Waals surface area contributed by atoms with Gasteiger partial charge in [-0.3, -0.25) is 28.5 Å². The maximum Gasteiger partial charge on any atom is 0.481 e. The second kappa shape index (κ2) is 33.3. The lowest BCUT2D eigenvalue weighted by Crippen LogP contribution is -2.33. The second-order valence-corrected chi connectivity index (χ2v) is 18.6. The van der Waals surface area contributed by atoms with Crippen molar-refractivity contribution in [2.24, 2.45) is 0 Å². The third kappa shape index (κ3) is 29.0. The van der Waals surface area contributed by atoms with Crippen molar-refractivity contribution in [2.75, 3.05) is 19.8 Å². The van der Waals surface area contributed by atoms with Gasteiger partial charge in [0, 0.05) is 31.0 Å². The molecule has 0 aliphatic carbocycles. The van der Waals surface area contributed by atoms with Crippen LogP contribution in [-0.2, 0) is 41.8 Å². The van der Waals surface area contributed by atoms with Gasteiger partial charge in [-0.1, -0.05) is 142 Å². The number of aromatic amines is 1. The Balaban J connectivity index is 0.000000896. The molecule has 0 amide bonds. The van der Waals surface area contributed by atoms with Crippen LogP contribution in [0.2, 0.25) is 0 Å². The van der Waals surface area contributed by atoms with Gasteiger partial charge < -0.3 is 39.1 Å². The van der Waals surface area contributed by atoms with Crippen molar-refractivity contribution in [3.05, 3.63) is 32.6 Å². The monoisotopic (exact) mass is 914 g/mol. The highest BCUT2D eigenvalue weighted by Gasteiger charge is 2.35. The van der Waals surface area contributed by atoms with Crippen LogP contribution in [0.3, 0.4) is 0 Å². The summed E-state index contributed by atoms with van der Waals surface area (Å²) in [5, 5.41) is 18.5. The zero-order chi connectivity index (χ0) is 45.5. The van der Waals surface area contributed by atoms with Gasteiger partial charge >= 0.3 is 33.3 Å². The Labute approximate surface area is 361 Å². The van der Waals surface area contributed by atoms with E-state index in [0.717, 1.165) is 38.5 Å². The predicted molar refractivity (Wildman–Crippen MR) is 230 cm³/mol. The van der Waals surface area contributed by atoms with Crippen LogP contribution in [0.5, 0.6) is 0 Å². The number of rotatable bonds is 34. The normalized spacial score (nSPS) is 17.9. The molecule has 6 N–H and O–H groups in total. The van der Waals surface area contributed by atoms with Crippen molar-refractivity contribution < 1.29 is 66.7 Å². The number of nitrogens with zero attached hydrogens (tertiary/aromatic N) is 1. The first-order valence-electron chi connectivity index (χ1n) is 22.4. The molecule has 356 valence electrons. The number of unbranched alkanes of at least 4 members (excludes halogenated alkanes) is 20. The summed E-state index contributed by atoms with van der Waals surface area (Å²) in [6, 6.07) is 0. The molecule has 0 saturated carbocycles. The second-order valence-electron chi connectivity index (χ2n) is 15.8. The highest BCUT2D eigenvalue weighted by Crippen LogP contribution is 2.57. The SMILES string of the molecule is CCCCCCCCCCCCCC(=O)OCC(COP(=O)(O)OP(=O)(O)O)OC(=O)CCCCCCCCCCCCC.Cc1cn([C@H]2C[C@H](O)[C@@H](CO)O2)c(=O)[nH]c1=O. The third-order valence-corrected chi connectivity index (χ3v) is 12.3. The smallest absolute Gasteiger partial charge is 0.462 e. The first-order valence-corrected chi connectivity index (χ1v) is 25.4. The number of hydrogen-bond donors (Lipinski definition) is 6. The van der Waals surface area contributed by atoms with E-state index in [9.17, 15) is 38.3 Å². The van der Waals surface area contributed by atoms with Crippen LogP contribution >= 0.6 is 15.6 Å². The fraction of sp³-hybridized carbons (Fsp3) is 0.854. The molecule has 1 aromatic heterocycles. The van der Waals surface area contributed by atoms with E-state index in [4.69, 9.17) is 29.1 Å². The molecule has 18 nitrogen and oxygen atoms in total. The maximum absolute atomic E-state index is 12.4. The Morgan fingerprint density at radius 3 is 1.67 bits per heavy atom. The van der Waals surface area contributed by atoms with Crippen LogP contribution in [0.15, 0.2) is 15.8 Å². The quantitative estimate of drug-likeness (QED) is 0.0221. The van der Waals surface area contributed by atoms with Crippen molar-refractivity contribution in [2.45, 2.75) is 206 Å². The van der Waals surface area contributed by atoms with Crippen LogP contribution in [0.4, 0.5) is 0 Å². The zero-order valence-corrected chi connectivity index (χ0v) is 38.5. The third-order valence-electron chi connectivity index (χ3n) is 10.2. The molecule has 1 aliphatic heterocycles. The number of carbonyl (C=O) groups is 2. The molecule has 0 bridgehead atoms. The highest BCUT2D eigenvalue weighted by atomic mass is 31.3. The molecule has 2 heterocycles. The number of aliphatic hydroxyl groups excluding tert-OH is 2. The minimum Gasteiger partial charge on any atom is -0.462 e. The molecule has 0 radical (unpaired) electrons. The van der Waals surface area contributed by atoms with Crippen molar-refractivity contribution >= 4 is 27.6 Å². The number of phosphoric ester groups is 1. The van der Waals surface area contributed by atoms with Gasteiger partial charge in [0.25, 0.3) is 5.56 Å². The molecule has 1 saturated heterocycles. The largest absolute Gasteiger partial charge is 0.481 e. The summed E-state index contributed by atoms with van der Waals surface area (Å²) >= 11 is 0. The lowest BCUT2D eigenvalue weighted by Gasteiger charge is -2.20. The number of ether oxygens (including phenoxy) is 3. The minimum absolute atomic E-state index is 0.121. The van der Waals surface area contributed by atoms with Crippen LogP contribution in [0, 0.1) is 6.92 Å². The van der Waals surface area contributed by atoms with Gasteiger partial charge in [-0.15, -0.1) is 0 Å². The van der Waals surface area contributed by atoms with Gasteiger partial charge in [-0.25, -0.2) is 13.9 Å². The summed E-state index contributed by atoms with van der Waals surface area (Å²) < 4.78 is 48.2. The van der Waals surface area contributed by atoms with Gasteiger partial charge in [-0.2, -0.15) is 4.31 Å². The number of aliphatic hydroxyl groups is 2. The molecule has 2 rings (SSSR count). The Morgan fingerprint density at radius 2 is 1.23 bits per heavy atom. The molecule has 5 atom stereocenters. The number of aromatic nitrogens is 2. The summed E-state index contributed by atoms with van der Waals surface area (Å²) in [6.45, 7) is 4.51. The van der Waals surface area contributed by atoms with E-state index in [0.29, 0.717) is 18.4 Å². The lowest BCUT2D eigenvalue weighted by atomic mass is 10.1. The first kappa shape index (κ1) is 56.8. The van der Waals surface area contributed by atoms with Crippen molar-refractivity contribution in [1.29, 1.82) is 0 Å². The molecule has 0 aromatic carbocycles. The van der Waals surface area contributed by atoms with Gasteiger partial charge in [0.15, 0.2) is 6.10 Å². The number of aryl methyl sites for hydroxylation is 1. The lowest BCUT2D eigenvalue weighted by molar-refractivity contribution is -0.161. The molecule has 61 heavy (non-hydrogen) atoms. The van der Waals surface area contributed by atoms with E-state index >= 15 is 0 Å². The predicted octanol–water partition coefficient (Wildman–Crippen LogP) is 7.56. The topological polar surface area (TPSA) is 270 Å². The van der Waals surface area contributed by atoms with Crippen LogP contribution < -0.4 is 11.2 Å². The number of nitrogens with one attached hydrogen (secondary N) is 1. The van der Waals surface area contributed by atoms with E-state index in [1.165, 1.54) is 101 Å². The van der Waals surface area contributed by atoms with E-state index in [1.807, 2.05) is 0 Å². The molecule has 1 aromatic rings. The molecule has 1 aliphatic rings. The van der Waals surface area contributed by atoms with E-state index in [-0.39, 0.29) is 25.9 Å². The molecule has 2 unspecified atom stereocenters. The Hall–Kier alpha value is -2.24. The highest BCUT2D eigenvalue weighted by molar-refractivity contribution is 7.60. The Morgan fingerprint density at radius 1 is 0.770 bits per heavy atom. The van der Waals surface area contributed by atoms with Crippen molar-refractivity contribution in [1.82, 2.24) is 9.55 Å². The molecule has 0 spiro atoms. The average molecular weight is 915 g/mol. The summed E-state index contributed by atoms with van der Waals surface area (Å²) in [5.41, 5.74) is -0.643.